The maximum atomic E-state index is 12.4. The molecule has 28 heavy (non-hydrogen) atoms. The van der Waals surface area contributed by atoms with Crippen molar-refractivity contribution in [3.63, 3.8) is 0 Å². The largest absolute Gasteiger partial charge is 0.380 e. The second kappa shape index (κ2) is 7.55. The van der Waals surface area contributed by atoms with E-state index in [0.29, 0.717) is 40.8 Å². The number of nitrogens with two attached hydrogens (primary N) is 2. The van der Waals surface area contributed by atoms with Gasteiger partial charge in [0.25, 0.3) is 5.91 Å². The number of primary amides is 1. The average Bonchev–Trinajstić information content (AvgIpc) is 3.12. The van der Waals surface area contributed by atoms with Gasteiger partial charge in [-0.3, -0.25) is 14.9 Å². The van der Waals surface area contributed by atoms with Gasteiger partial charge in [-0.2, -0.15) is 5.10 Å². The number of fused-ring (bicyclic) bond motifs is 1. The molecule has 3 aromatic heterocycles. The molecule has 3 heterocycles. The highest BCUT2D eigenvalue weighted by Crippen LogP contribution is 2.31. The number of rotatable bonds is 7. The van der Waals surface area contributed by atoms with Crippen molar-refractivity contribution in [3.05, 3.63) is 35.8 Å². The van der Waals surface area contributed by atoms with Crippen LogP contribution in [0.15, 0.2) is 24.5 Å². The molecule has 148 valence electrons. The Morgan fingerprint density at radius 1 is 1.29 bits per heavy atom. The molecular formula is C20H27N7O. The topological polar surface area (TPSA) is 136 Å². The first kappa shape index (κ1) is 19.8. The number of aryl methyl sites for hydroxylation is 1. The molecule has 0 aliphatic heterocycles. The second-order valence-electron chi connectivity index (χ2n) is 8.01. The van der Waals surface area contributed by atoms with Gasteiger partial charge in [0.2, 0.25) is 0 Å². The van der Waals surface area contributed by atoms with Crippen molar-refractivity contribution in [2.24, 2.45) is 11.5 Å². The Labute approximate surface area is 164 Å². The summed E-state index contributed by atoms with van der Waals surface area (Å²) in [4.78, 5) is 21.8. The number of pyridine rings is 2. The third-order valence-corrected chi connectivity index (χ3v) is 4.38. The predicted octanol–water partition coefficient (Wildman–Crippen LogP) is 2.61. The fourth-order valence-corrected chi connectivity index (χ4v) is 3.06. The molecule has 3 aromatic rings. The zero-order chi connectivity index (χ0) is 20.5. The lowest BCUT2D eigenvalue weighted by Gasteiger charge is -2.21. The number of hydrogen-bond donors (Lipinski definition) is 4. The normalized spacial score (nSPS) is 11.9. The highest BCUT2D eigenvalue weighted by atomic mass is 16.1. The van der Waals surface area contributed by atoms with Crippen LogP contribution in [0.1, 0.15) is 50.2 Å². The van der Waals surface area contributed by atoms with Gasteiger partial charge in [-0.25, -0.2) is 4.98 Å². The van der Waals surface area contributed by atoms with Gasteiger partial charge in [0.1, 0.15) is 5.52 Å². The highest BCUT2D eigenvalue weighted by molar-refractivity contribution is 6.06. The summed E-state index contributed by atoms with van der Waals surface area (Å²) in [6.07, 6.45) is 4.69. The zero-order valence-electron chi connectivity index (χ0n) is 16.7. The van der Waals surface area contributed by atoms with Crippen LogP contribution in [-0.2, 0) is 6.42 Å². The van der Waals surface area contributed by atoms with E-state index < -0.39 is 5.91 Å². The van der Waals surface area contributed by atoms with Crippen LogP contribution < -0.4 is 16.8 Å². The number of aromatic nitrogens is 4. The van der Waals surface area contributed by atoms with Crippen LogP contribution >= 0.6 is 0 Å². The Morgan fingerprint density at radius 3 is 2.61 bits per heavy atom. The summed E-state index contributed by atoms with van der Waals surface area (Å²) in [6, 6.07) is 3.87. The quantitative estimate of drug-likeness (QED) is 0.497. The third kappa shape index (κ3) is 4.28. The first-order valence-corrected chi connectivity index (χ1v) is 9.33. The van der Waals surface area contributed by atoms with Crippen LogP contribution in [0.3, 0.4) is 0 Å². The van der Waals surface area contributed by atoms with Gasteiger partial charge in [-0.15, -0.1) is 0 Å². The molecule has 0 aliphatic carbocycles. The summed E-state index contributed by atoms with van der Waals surface area (Å²) in [5, 5.41) is 10.1. The van der Waals surface area contributed by atoms with E-state index in [0.717, 1.165) is 11.3 Å². The summed E-state index contributed by atoms with van der Waals surface area (Å²) in [5.41, 5.74) is 16.0. The van der Waals surface area contributed by atoms with Crippen molar-refractivity contribution >= 4 is 22.6 Å². The van der Waals surface area contributed by atoms with Crippen molar-refractivity contribution in [1.82, 2.24) is 20.2 Å². The molecule has 8 heteroatoms. The van der Waals surface area contributed by atoms with Gasteiger partial charge < -0.3 is 16.8 Å². The summed E-state index contributed by atoms with van der Waals surface area (Å²) < 4.78 is 0. The Balaban J connectivity index is 2.23. The fraction of sp³-hybridized carbons (Fsp3) is 0.400. The number of nitrogens with one attached hydrogen (secondary N) is 2. The first-order valence-electron chi connectivity index (χ1n) is 9.33. The predicted molar refractivity (Wildman–Crippen MR) is 111 cm³/mol. The van der Waals surface area contributed by atoms with Crippen LogP contribution in [0.2, 0.25) is 0 Å². The number of anilines is 1. The molecule has 0 radical (unpaired) electrons. The molecule has 0 spiro atoms. The molecule has 6 N–H and O–H groups in total. The van der Waals surface area contributed by atoms with Crippen molar-refractivity contribution in [2.45, 2.75) is 52.1 Å². The van der Waals surface area contributed by atoms with E-state index in [1.807, 2.05) is 39.8 Å². The molecule has 0 saturated carbocycles. The maximum Gasteiger partial charge on any atom is 0.252 e. The molecule has 0 bridgehead atoms. The second-order valence-corrected chi connectivity index (χ2v) is 8.01. The van der Waals surface area contributed by atoms with Crippen LogP contribution in [0.4, 0.5) is 5.69 Å². The lowest BCUT2D eigenvalue weighted by molar-refractivity contribution is 0.0999. The van der Waals surface area contributed by atoms with E-state index in [-0.39, 0.29) is 11.6 Å². The van der Waals surface area contributed by atoms with Gasteiger partial charge in [0.05, 0.1) is 34.4 Å². The van der Waals surface area contributed by atoms with Crippen molar-refractivity contribution in [3.8, 4) is 11.3 Å². The minimum atomic E-state index is -0.530. The minimum Gasteiger partial charge on any atom is -0.380 e. The van der Waals surface area contributed by atoms with Crippen molar-refractivity contribution in [2.75, 3.05) is 5.32 Å². The SMILES string of the molecule is CC(C)Nc1c(C(N)=O)c(CCC(C)(C)N)nc2ccc(-c3cn[nH]c3)nc12. The van der Waals surface area contributed by atoms with E-state index in [2.05, 4.69) is 15.5 Å². The van der Waals surface area contributed by atoms with E-state index in [1.165, 1.54) is 0 Å². The summed E-state index contributed by atoms with van der Waals surface area (Å²) >= 11 is 0. The summed E-state index contributed by atoms with van der Waals surface area (Å²) in [5.74, 6) is -0.530. The molecule has 3 rings (SSSR count). The molecule has 0 aliphatic rings. The number of amides is 1. The molecule has 0 saturated heterocycles. The molecule has 1 amide bonds. The fourth-order valence-electron chi connectivity index (χ4n) is 3.06. The Bertz CT molecular complexity index is 988. The van der Waals surface area contributed by atoms with E-state index in [4.69, 9.17) is 21.4 Å². The standard InChI is InChI=1S/C20H27N7O/c1-11(2)25-18-16(19(21)28)14(7-8-20(3,4)22)26-15-6-5-13(27-17(15)18)12-9-23-24-10-12/h5-6,9-11H,7-8,22H2,1-4H3,(H2,21,28)(H,23,24)(H,25,26). The van der Waals surface area contributed by atoms with Gasteiger partial charge in [0, 0.05) is 23.3 Å². The van der Waals surface area contributed by atoms with Gasteiger partial charge >= 0.3 is 0 Å². The lowest BCUT2D eigenvalue weighted by atomic mass is 9.95. The Hall–Kier alpha value is -3.00. The molecule has 8 nitrogen and oxygen atoms in total. The van der Waals surface area contributed by atoms with E-state index in [1.54, 1.807) is 12.4 Å². The molecular weight excluding hydrogens is 354 g/mol. The van der Waals surface area contributed by atoms with Crippen LogP contribution in [0, 0.1) is 0 Å². The Kier molecular flexibility index (Phi) is 5.33. The van der Waals surface area contributed by atoms with Crippen LogP contribution in [-0.4, -0.2) is 37.7 Å². The highest BCUT2D eigenvalue weighted by Gasteiger charge is 2.23. The third-order valence-electron chi connectivity index (χ3n) is 4.38. The van der Waals surface area contributed by atoms with Crippen molar-refractivity contribution < 1.29 is 4.79 Å². The molecule has 0 fully saturated rings. The number of aromatic amines is 1. The molecule has 0 unspecified atom stereocenters. The van der Waals surface area contributed by atoms with E-state index in [9.17, 15) is 4.79 Å². The zero-order valence-corrected chi connectivity index (χ0v) is 16.7. The minimum absolute atomic E-state index is 0.0851. The Morgan fingerprint density at radius 2 is 2.04 bits per heavy atom. The van der Waals surface area contributed by atoms with Crippen LogP contribution in [0.25, 0.3) is 22.3 Å². The van der Waals surface area contributed by atoms with Crippen molar-refractivity contribution in [1.29, 1.82) is 0 Å². The monoisotopic (exact) mass is 381 g/mol. The number of hydrogen-bond acceptors (Lipinski definition) is 6. The maximum absolute atomic E-state index is 12.4. The smallest absolute Gasteiger partial charge is 0.252 e. The average molecular weight is 381 g/mol. The molecule has 0 atom stereocenters. The van der Waals surface area contributed by atoms with Crippen LogP contribution in [0.5, 0.6) is 0 Å². The lowest BCUT2D eigenvalue weighted by Crippen LogP contribution is -2.33. The molecule has 0 aromatic carbocycles. The first-order chi connectivity index (χ1) is 13.2. The van der Waals surface area contributed by atoms with Gasteiger partial charge in [-0.1, -0.05) is 0 Å². The number of carbonyl (C=O) groups is 1. The number of nitrogens with zero attached hydrogens (tertiary/aromatic N) is 3. The summed E-state index contributed by atoms with van der Waals surface area (Å²) in [7, 11) is 0. The van der Waals surface area contributed by atoms with Gasteiger partial charge in [-0.05, 0) is 52.7 Å². The number of H-pyrrole nitrogens is 1. The summed E-state index contributed by atoms with van der Waals surface area (Å²) in [6.45, 7) is 7.90. The van der Waals surface area contributed by atoms with Gasteiger partial charge in [0.15, 0.2) is 0 Å². The number of carbonyl (C=O) groups excluding carboxylic acids is 1. The van der Waals surface area contributed by atoms with E-state index >= 15 is 0 Å².